The van der Waals surface area contributed by atoms with Gasteiger partial charge in [-0.1, -0.05) is 243 Å². The monoisotopic (exact) mass is 623 g/mol. The van der Waals surface area contributed by atoms with E-state index >= 15 is 0 Å². The molecule has 0 amide bonds. The maximum Gasteiger partial charge on any atom is 0.00993 e. The average Bonchev–Trinajstić information content (AvgIpc) is 2.97. The fraction of sp³-hybridized carbons (Fsp3) is 0.950. The summed E-state index contributed by atoms with van der Waals surface area (Å²) in [5.41, 5.74) is 0. The van der Waals surface area contributed by atoms with Crippen LogP contribution in [0.15, 0.2) is 0 Å². The van der Waals surface area contributed by atoms with E-state index in [1.165, 1.54) is 223 Å². The number of unbranched alkanes of at least 4 members (excludes halogenated alkanes) is 33. The first-order valence-electron chi connectivity index (χ1n) is 19.7. The SMILES string of the molecule is CCCCCCCCCCCCCCCCCCCCCCCCCCCCCCCCCCCCC(=S)CC(C)=S. The molecule has 0 bridgehead atoms. The summed E-state index contributed by atoms with van der Waals surface area (Å²) in [4.78, 5) is 2.21. The summed E-state index contributed by atoms with van der Waals surface area (Å²) in [7, 11) is 0. The molecule has 0 aliphatic heterocycles. The van der Waals surface area contributed by atoms with Gasteiger partial charge in [0.15, 0.2) is 0 Å². The van der Waals surface area contributed by atoms with Crippen molar-refractivity contribution in [3.05, 3.63) is 0 Å². The second kappa shape index (κ2) is 37.4. The van der Waals surface area contributed by atoms with Crippen LogP contribution in [-0.4, -0.2) is 9.73 Å². The van der Waals surface area contributed by atoms with Crippen molar-refractivity contribution in [3.63, 3.8) is 0 Å². The summed E-state index contributed by atoms with van der Waals surface area (Å²) in [6.45, 7) is 4.31. The summed E-state index contributed by atoms with van der Waals surface area (Å²) >= 11 is 10.5. The second-order valence-electron chi connectivity index (χ2n) is 13.8. The minimum atomic E-state index is 0.879. The van der Waals surface area contributed by atoms with Gasteiger partial charge in [-0.2, -0.15) is 0 Å². The molecule has 0 saturated heterocycles. The number of hydrogen-bond acceptors (Lipinski definition) is 2. The third kappa shape index (κ3) is 38.2. The molecular formula is C40H78S2. The van der Waals surface area contributed by atoms with Crippen molar-refractivity contribution in [1.29, 1.82) is 0 Å². The highest BCUT2D eigenvalue weighted by Gasteiger charge is 2.00. The smallest absolute Gasteiger partial charge is 0.00993 e. The van der Waals surface area contributed by atoms with Crippen LogP contribution in [0.5, 0.6) is 0 Å². The van der Waals surface area contributed by atoms with Crippen molar-refractivity contribution in [2.75, 3.05) is 0 Å². The molecule has 0 unspecified atom stereocenters. The average molecular weight is 623 g/mol. The van der Waals surface area contributed by atoms with Crippen LogP contribution < -0.4 is 0 Å². The van der Waals surface area contributed by atoms with Gasteiger partial charge in [0.1, 0.15) is 0 Å². The van der Waals surface area contributed by atoms with Crippen LogP contribution in [0, 0.1) is 0 Å². The highest BCUT2D eigenvalue weighted by molar-refractivity contribution is 7.82. The topological polar surface area (TPSA) is 0 Å². The van der Waals surface area contributed by atoms with E-state index in [4.69, 9.17) is 24.4 Å². The lowest BCUT2D eigenvalue weighted by molar-refractivity contribution is 0.511. The zero-order chi connectivity index (χ0) is 30.6. The molecule has 2 heteroatoms. The van der Waals surface area contributed by atoms with Gasteiger partial charge in [-0.05, 0) is 29.5 Å². The summed E-state index contributed by atoms with van der Waals surface area (Å²) < 4.78 is 0. The van der Waals surface area contributed by atoms with Crippen molar-refractivity contribution in [2.45, 2.75) is 245 Å². The molecule has 0 fully saturated rings. The second-order valence-corrected chi connectivity index (χ2v) is 15.1. The molecule has 0 rings (SSSR count). The van der Waals surface area contributed by atoms with Crippen LogP contribution in [0.4, 0.5) is 0 Å². The van der Waals surface area contributed by atoms with E-state index < -0.39 is 0 Å². The van der Waals surface area contributed by atoms with E-state index in [0.717, 1.165) is 17.7 Å². The molecule has 250 valence electrons. The molecule has 0 aliphatic carbocycles. The summed E-state index contributed by atoms with van der Waals surface area (Å²) in [5.74, 6) is 0. The van der Waals surface area contributed by atoms with Gasteiger partial charge in [0, 0.05) is 6.42 Å². The van der Waals surface area contributed by atoms with Gasteiger partial charge in [-0.3, -0.25) is 0 Å². The quantitative estimate of drug-likeness (QED) is 0.0499. The molecule has 0 heterocycles. The van der Waals surface area contributed by atoms with E-state index in [2.05, 4.69) is 6.92 Å². The van der Waals surface area contributed by atoms with E-state index in [1.54, 1.807) is 0 Å². The molecule has 0 aromatic heterocycles. The number of hydrogen-bond donors (Lipinski definition) is 0. The summed E-state index contributed by atoms with van der Waals surface area (Å²) in [5, 5.41) is 0. The van der Waals surface area contributed by atoms with Gasteiger partial charge in [0.05, 0.1) is 0 Å². The molecule has 0 aliphatic rings. The maximum absolute atomic E-state index is 5.40. The number of thiocarbonyl (C=S) groups is 2. The van der Waals surface area contributed by atoms with Crippen molar-refractivity contribution in [2.24, 2.45) is 0 Å². The fourth-order valence-corrected chi connectivity index (χ4v) is 7.04. The molecular weight excluding hydrogens is 545 g/mol. The lowest BCUT2D eigenvalue weighted by Gasteiger charge is -2.05. The fourth-order valence-electron chi connectivity index (χ4n) is 6.42. The Kier molecular flexibility index (Phi) is 37.5. The Balaban J connectivity index is 3.07. The molecule has 0 nitrogen and oxygen atoms in total. The third-order valence-electron chi connectivity index (χ3n) is 9.26. The molecule has 0 aromatic rings. The van der Waals surface area contributed by atoms with Gasteiger partial charge in [-0.25, -0.2) is 0 Å². The highest BCUT2D eigenvalue weighted by atomic mass is 32.1. The van der Waals surface area contributed by atoms with Gasteiger partial charge in [0.2, 0.25) is 0 Å². The van der Waals surface area contributed by atoms with E-state index in [0.29, 0.717) is 0 Å². The Bertz CT molecular complexity index is 540. The van der Waals surface area contributed by atoms with Crippen LogP contribution >= 0.6 is 24.4 Å². The lowest BCUT2D eigenvalue weighted by Crippen LogP contribution is -1.99. The van der Waals surface area contributed by atoms with Crippen LogP contribution in [0.1, 0.15) is 245 Å². The van der Waals surface area contributed by atoms with E-state index in [1.807, 2.05) is 6.92 Å². The molecule has 42 heavy (non-hydrogen) atoms. The highest BCUT2D eigenvalue weighted by Crippen LogP contribution is 2.17. The van der Waals surface area contributed by atoms with Crippen LogP contribution in [-0.2, 0) is 0 Å². The van der Waals surface area contributed by atoms with Crippen LogP contribution in [0.2, 0.25) is 0 Å². The van der Waals surface area contributed by atoms with E-state index in [-0.39, 0.29) is 0 Å². The third-order valence-corrected chi connectivity index (χ3v) is 9.75. The molecule has 0 radical (unpaired) electrons. The van der Waals surface area contributed by atoms with Crippen molar-refractivity contribution < 1.29 is 0 Å². The normalized spacial score (nSPS) is 11.4. The standard InChI is InChI=1S/C40H78S2/c1-3-4-5-6-7-8-9-10-11-12-13-14-15-16-17-18-19-20-21-22-23-24-25-26-27-28-29-30-31-32-33-34-35-36-37-40(42)38-39(2)41/h3-38H2,1-2H3. The Labute approximate surface area is 278 Å². The largest absolute Gasteiger partial charge is 0.0896 e. The van der Waals surface area contributed by atoms with Gasteiger partial charge >= 0.3 is 0 Å². The molecule has 0 aromatic carbocycles. The summed E-state index contributed by atoms with van der Waals surface area (Å²) in [6.07, 6.45) is 51.6. The van der Waals surface area contributed by atoms with Crippen LogP contribution in [0.25, 0.3) is 0 Å². The minimum absolute atomic E-state index is 0.879. The Morgan fingerprint density at radius 2 is 0.500 bits per heavy atom. The van der Waals surface area contributed by atoms with Gasteiger partial charge in [0.25, 0.3) is 0 Å². The number of rotatable bonds is 37. The van der Waals surface area contributed by atoms with Crippen LogP contribution in [0.3, 0.4) is 0 Å². The first-order valence-corrected chi connectivity index (χ1v) is 20.5. The molecule has 0 N–H and O–H groups in total. The molecule has 0 spiro atoms. The molecule has 0 saturated carbocycles. The first-order chi connectivity index (χ1) is 20.7. The first kappa shape index (κ1) is 42.2. The molecule has 0 atom stereocenters. The zero-order valence-electron chi connectivity index (χ0n) is 29.3. The van der Waals surface area contributed by atoms with Crippen molar-refractivity contribution in [3.8, 4) is 0 Å². The maximum atomic E-state index is 5.40. The Morgan fingerprint density at radius 1 is 0.310 bits per heavy atom. The zero-order valence-corrected chi connectivity index (χ0v) is 30.9. The van der Waals surface area contributed by atoms with E-state index in [9.17, 15) is 0 Å². The Hall–Kier alpha value is 0.180. The van der Waals surface area contributed by atoms with Crippen molar-refractivity contribution in [1.82, 2.24) is 0 Å². The summed E-state index contributed by atoms with van der Waals surface area (Å²) in [6, 6.07) is 0. The minimum Gasteiger partial charge on any atom is -0.0896 e. The van der Waals surface area contributed by atoms with Gasteiger partial charge < -0.3 is 0 Å². The van der Waals surface area contributed by atoms with Crippen molar-refractivity contribution >= 4 is 34.2 Å². The Morgan fingerprint density at radius 3 is 0.690 bits per heavy atom. The predicted octanol–water partition coefficient (Wildman–Crippen LogP) is 15.8. The van der Waals surface area contributed by atoms with Gasteiger partial charge in [-0.15, -0.1) is 0 Å². The predicted molar refractivity (Wildman–Crippen MR) is 203 cm³/mol. The lowest BCUT2D eigenvalue weighted by atomic mass is 10.0.